The number of rotatable bonds is 2. The molecule has 1 saturated heterocycles. The van der Waals surface area contributed by atoms with Crippen molar-refractivity contribution in [2.75, 3.05) is 13.1 Å². The Morgan fingerprint density at radius 2 is 1.40 bits per heavy atom. The molecule has 1 aliphatic heterocycles. The first-order chi connectivity index (χ1) is 4.86. The number of nitrogens with one attached hydrogen (secondary N) is 2. The summed E-state index contributed by atoms with van der Waals surface area (Å²) >= 11 is 0. The van der Waals surface area contributed by atoms with Gasteiger partial charge in [0.2, 0.25) is 0 Å². The van der Waals surface area contributed by atoms with Gasteiger partial charge in [-0.25, -0.2) is 0 Å². The molecular weight excluding hydrogens is 124 g/mol. The Bertz CT molecular complexity index is 107. The van der Waals surface area contributed by atoms with Gasteiger partial charge in [-0.15, -0.1) is 13.2 Å². The third kappa shape index (κ3) is 1.69. The maximum atomic E-state index is 3.71. The topological polar surface area (TPSA) is 24.1 Å². The summed E-state index contributed by atoms with van der Waals surface area (Å²) in [5.41, 5.74) is 0. The van der Waals surface area contributed by atoms with E-state index in [0.717, 1.165) is 13.1 Å². The first-order valence-electron chi connectivity index (χ1n) is 3.58. The molecular formula is C8H14N2. The second-order valence-corrected chi connectivity index (χ2v) is 2.50. The lowest BCUT2D eigenvalue weighted by molar-refractivity contribution is 0.421. The predicted molar refractivity (Wildman–Crippen MR) is 44.0 cm³/mol. The van der Waals surface area contributed by atoms with Crippen molar-refractivity contribution in [2.45, 2.75) is 12.1 Å². The van der Waals surface area contributed by atoms with Crippen LogP contribution in [0.3, 0.4) is 0 Å². The van der Waals surface area contributed by atoms with Crippen LogP contribution in [0.15, 0.2) is 25.3 Å². The maximum Gasteiger partial charge on any atom is 0.0374 e. The largest absolute Gasteiger partial charge is 0.307 e. The van der Waals surface area contributed by atoms with Crippen LogP contribution in [0.2, 0.25) is 0 Å². The van der Waals surface area contributed by atoms with Crippen molar-refractivity contribution in [2.24, 2.45) is 0 Å². The molecule has 2 unspecified atom stereocenters. The molecule has 10 heavy (non-hydrogen) atoms. The molecule has 0 amide bonds. The number of hydrogen-bond acceptors (Lipinski definition) is 2. The van der Waals surface area contributed by atoms with Crippen LogP contribution in [0.1, 0.15) is 0 Å². The Morgan fingerprint density at radius 1 is 1.00 bits per heavy atom. The van der Waals surface area contributed by atoms with E-state index in [0.29, 0.717) is 12.1 Å². The monoisotopic (exact) mass is 138 g/mol. The quantitative estimate of drug-likeness (QED) is 0.536. The fraction of sp³-hybridized carbons (Fsp3) is 0.500. The highest BCUT2D eigenvalue weighted by atomic mass is 15.1. The van der Waals surface area contributed by atoms with E-state index in [1.807, 2.05) is 12.2 Å². The highest BCUT2D eigenvalue weighted by molar-refractivity contribution is 4.98. The Labute approximate surface area is 62.0 Å². The SMILES string of the molecule is C=CC1CNC(C=C)CN1. The molecule has 2 N–H and O–H groups in total. The minimum atomic E-state index is 0.427. The number of hydrogen-bond donors (Lipinski definition) is 2. The summed E-state index contributed by atoms with van der Waals surface area (Å²) in [5, 5.41) is 6.64. The van der Waals surface area contributed by atoms with E-state index in [2.05, 4.69) is 23.8 Å². The van der Waals surface area contributed by atoms with Crippen molar-refractivity contribution in [3.05, 3.63) is 25.3 Å². The lowest BCUT2D eigenvalue weighted by Crippen LogP contribution is -2.52. The molecule has 0 aromatic rings. The van der Waals surface area contributed by atoms with Crippen LogP contribution >= 0.6 is 0 Å². The summed E-state index contributed by atoms with van der Waals surface area (Å²) in [6.45, 7) is 9.33. The van der Waals surface area contributed by atoms with Crippen molar-refractivity contribution in [1.82, 2.24) is 10.6 Å². The first kappa shape index (κ1) is 7.51. The van der Waals surface area contributed by atoms with Crippen LogP contribution in [0.25, 0.3) is 0 Å². The Morgan fingerprint density at radius 3 is 1.60 bits per heavy atom. The first-order valence-corrected chi connectivity index (χ1v) is 3.58. The molecule has 0 aromatic carbocycles. The van der Waals surface area contributed by atoms with E-state index in [4.69, 9.17) is 0 Å². The van der Waals surface area contributed by atoms with Gasteiger partial charge in [-0.2, -0.15) is 0 Å². The van der Waals surface area contributed by atoms with Crippen LogP contribution < -0.4 is 10.6 Å². The fourth-order valence-electron chi connectivity index (χ4n) is 1.03. The summed E-state index contributed by atoms with van der Waals surface area (Å²) in [7, 11) is 0. The predicted octanol–water partition coefficient (Wildman–Crippen LogP) is 0.288. The molecule has 0 bridgehead atoms. The van der Waals surface area contributed by atoms with Crippen LogP contribution in [-0.4, -0.2) is 25.2 Å². The molecule has 1 rings (SSSR count). The van der Waals surface area contributed by atoms with Gasteiger partial charge >= 0.3 is 0 Å². The van der Waals surface area contributed by atoms with Gasteiger partial charge in [0.05, 0.1) is 0 Å². The zero-order valence-corrected chi connectivity index (χ0v) is 6.14. The average Bonchev–Trinajstić information content (AvgIpc) is 2.05. The zero-order valence-electron chi connectivity index (χ0n) is 6.14. The standard InChI is InChI=1S/C8H14N2/c1-3-7-5-10-8(4-2)6-9-7/h3-4,7-10H,1-2,5-6H2. The van der Waals surface area contributed by atoms with E-state index < -0.39 is 0 Å². The molecule has 0 aromatic heterocycles. The van der Waals surface area contributed by atoms with Crippen molar-refractivity contribution in [3.8, 4) is 0 Å². The molecule has 1 aliphatic rings. The Kier molecular flexibility index (Phi) is 2.66. The van der Waals surface area contributed by atoms with Gasteiger partial charge < -0.3 is 10.6 Å². The van der Waals surface area contributed by atoms with Gasteiger partial charge in [-0.3, -0.25) is 0 Å². The molecule has 2 heteroatoms. The van der Waals surface area contributed by atoms with Crippen molar-refractivity contribution in [3.63, 3.8) is 0 Å². The normalized spacial score (nSPS) is 33.2. The third-order valence-corrected chi connectivity index (χ3v) is 1.77. The molecule has 2 nitrogen and oxygen atoms in total. The highest BCUT2D eigenvalue weighted by Gasteiger charge is 2.13. The highest BCUT2D eigenvalue weighted by Crippen LogP contribution is 1.93. The molecule has 0 aliphatic carbocycles. The van der Waals surface area contributed by atoms with E-state index >= 15 is 0 Å². The molecule has 0 saturated carbocycles. The summed E-state index contributed by atoms with van der Waals surface area (Å²) in [6, 6.07) is 0.854. The van der Waals surface area contributed by atoms with E-state index in [1.165, 1.54) is 0 Å². The lowest BCUT2D eigenvalue weighted by Gasteiger charge is -2.27. The van der Waals surface area contributed by atoms with Crippen molar-refractivity contribution in [1.29, 1.82) is 0 Å². The molecule has 1 heterocycles. The lowest BCUT2D eigenvalue weighted by atomic mass is 10.1. The fourth-order valence-corrected chi connectivity index (χ4v) is 1.03. The summed E-state index contributed by atoms with van der Waals surface area (Å²) in [4.78, 5) is 0. The van der Waals surface area contributed by atoms with Crippen LogP contribution in [0, 0.1) is 0 Å². The van der Waals surface area contributed by atoms with Crippen molar-refractivity contribution < 1.29 is 0 Å². The van der Waals surface area contributed by atoms with Crippen molar-refractivity contribution >= 4 is 0 Å². The average molecular weight is 138 g/mol. The van der Waals surface area contributed by atoms with Gasteiger partial charge in [0.1, 0.15) is 0 Å². The summed E-state index contributed by atoms with van der Waals surface area (Å²) in [6.07, 6.45) is 3.85. The minimum Gasteiger partial charge on any atom is -0.307 e. The van der Waals surface area contributed by atoms with Crippen LogP contribution in [0.4, 0.5) is 0 Å². The van der Waals surface area contributed by atoms with Crippen LogP contribution in [-0.2, 0) is 0 Å². The second-order valence-electron chi connectivity index (χ2n) is 2.50. The molecule has 56 valence electrons. The van der Waals surface area contributed by atoms with E-state index in [1.54, 1.807) is 0 Å². The van der Waals surface area contributed by atoms with Gasteiger partial charge in [-0.05, 0) is 0 Å². The zero-order chi connectivity index (χ0) is 7.40. The van der Waals surface area contributed by atoms with E-state index in [9.17, 15) is 0 Å². The van der Waals surface area contributed by atoms with Gasteiger partial charge in [0.25, 0.3) is 0 Å². The summed E-state index contributed by atoms with van der Waals surface area (Å²) in [5.74, 6) is 0. The molecule has 0 radical (unpaired) electrons. The van der Waals surface area contributed by atoms with Gasteiger partial charge in [-0.1, -0.05) is 12.2 Å². The van der Waals surface area contributed by atoms with Crippen LogP contribution in [0.5, 0.6) is 0 Å². The maximum absolute atomic E-state index is 3.71. The van der Waals surface area contributed by atoms with Gasteiger partial charge in [0, 0.05) is 25.2 Å². The second kappa shape index (κ2) is 3.54. The molecule has 1 fully saturated rings. The Hall–Kier alpha value is -0.600. The molecule has 2 atom stereocenters. The smallest absolute Gasteiger partial charge is 0.0374 e. The number of piperazine rings is 1. The summed E-state index contributed by atoms with van der Waals surface area (Å²) < 4.78 is 0. The van der Waals surface area contributed by atoms with Gasteiger partial charge in [0.15, 0.2) is 0 Å². The minimum absolute atomic E-state index is 0.427. The van der Waals surface area contributed by atoms with E-state index in [-0.39, 0.29) is 0 Å². The molecule has 0 spiro atoms. The third-order valence-electron chi connectivity index (χ3n) is 1.77. The Balaban J connectivity index is 2.30.